The summed E-state index contributed by atoms with van der Waals surface area (Å²) in [5.41, 5.74) is 1.16. The van der Waals surface area contributed by atoms with Gasteiger partial charge in [0.15, 0.2) is 17.5 Å². The molecule has 0 bridgehead atoms. The number of amides is 1. The summed E-state index contributed by atoms with van der Waals surface area (Å²) in [6.45, 7) is 1.07. The van der Waals surface area contributed by atoms with Crippen LogP contribution in [0.1, 0.15) is 35.2 Å². The molecule has 1 amide bonds. The predicted octanol–water partition coefficient (Wildman–Crippen LogP) is 0.0447. The molecule has 3 rings (SSSR count). The number of unbranched alkanes of at least 4 members (excludes halogenated alkanes) is 1. The van der Waals surface area contributed by atoms with Crippen molar-refractivity contribution in [3.63, 3.8) is 0 Å². The zero-order valence-electron chi connectivity index (χ0n) is 18.4. The molecule has 180 valence electrons. The Bertz CT molecular complexity index is 1200. The SMILES string of the molecule is NS(=O)(=O)c1ccc(CNC(=O)c2ccccc2SC(=O)CCCC[n+]2ccccc2)cc1.[Cl-]. The van der Waals surface area contributed by atoms with Crippen LogP contribution < -0.4 is 27.4 Å². The van der Waals surface area contributed by atoms with E-state index in [1.54, 1.807) is 36.4 Å². The number of thioether (sulfide) groups is 1. The monoisotopic (exact) mass is 519 g/mol. The second-order valence-electron chi connectivity index (χ2n) is 7.41. The zero-order valence-corrected chi connectivity index (χ0v) is 20.8. The highest BCUT2D eigenvalue weighted by molar-refractivity contribution is 8.13. The molecular formula is C24H26ClN3O4S2. The smallest absolute Gasteiger partial charge is 0.252 e. The van der Waals surface area contributed by atoms with E-state index < -0.39 is 10.0 Å². The third kappa shape index (κ3) is 8.57. The molecule has 0 spiro atoms. The summed E-state index contributed by atoms with van der Waals surface area (Å²) in [6.07, 6.45) is 6.11. The van der Waals surface area contributed by atoms with E-state index in [9.17, 15) is 18.0 Å². The molecule has 7 nitrogen and oxygen atoms in total. The first-order chi connectivity index (χ1) is 15.8. The molecule has 34 heavy (non-hydrogen) atoms. The van der Waals surface area contributed by atoms with Crippen molar-refractivity contribution in [2.24, 2.45) is 5.14 Å². The predicted molar refractivity (Wildman–Crippen MR) is 127 cm³/mol. The summed E-state index contributed by atoms with van der Waals surface area (Å²) < 4.78 is 24.8. The fourth-order valence-corrected chi connectivity index (χ4v) is 4.56. The maximum Gasteiger partial charge on any atom is 0.252 e. The number of sulfonamides is 1. The Kier molecular flexibility index (Phi) is 10.7. The Labute approximate surface area is 210 Å². The zero-order chi connectivity index (χ0) is 23.7. The molecular weight excluding hydrogens is 494 g/mol. The van der Waals surface area contributed by atoms with E-state index in [2.05, 4.69) is 9.88 Å². The van der Waals surface area contributed by atoms with E-state index >= 15 is 0 Å². The van der Waals surface area contributed by atoms with Gasteiger partial charge in [-0.2, -0.15) is 0 Å². The van der Waals surface area contributed by atoms with Crippen LogP contribution >= 0.6 is 11.8 Å². The van der Waals surface area contributed by atoms with E-state index in [1.807, 2.05) is 30.6 Å². The van der Waals surface area contributed by atoms with Gasteiger partial charge in [-0.3, -0.25) is 9.59 Å². The van der Waals surface area contributed by atoms with Crippen molar-refractivity contribution in [1.82, 2.24) is 5.32 Å². The molecule has 0 unspecified atom stereocenters. The Balaban J connectivity index is 0.00000408. The number of benzene rings is 2. The maximum absolute atomic E-state index is 12.7. The van der Waals surface area contributed by atoms with Crippen molar-refractivity contribution < 1.29 is 35.0 Å². The van der Waals surface area contributed by atoms with Crippen LogP contribution in [0.5, 0.6) is 0 Å². The van der Waals surface area contributed by atoms with Gasteiger partial charge in [0.05, 0.1) is 10.5 Å². The molecule has 1 aromatic heterocycles. The van der Waals surface area contributed by atoms with E-state index in [0.717, 1.165) is 36.7 Å². The average molecular weight is 520 g/mol. The summed E-state index contributed by atoms with van der Waals surface area (Å²) in [6, 6.07) is 18.9. The van der Waals surface area contributed by atoms with Crippen molar-refractivity contribution in [1.29, 1.82) is 0 Å². The van der Waals surface area contributed by atoms with E-state index in [0.29, 0.717) is 16.9 Å². The van der Waals surface area contributed by atoms with E-state index in [1.165, 1.54) is 12.1 Å². The number of aromatic nitrogens is 1. The Morgan fingerprint density at radius 3 is 2.26 bits per heavy atom. The molecule has 1 heterocycles. The van der Waals surface area contributed by atoms with Crippen molar-refractivity contribution in [2.75, 3.05) is 0 Å². The second kappa shape index (κ2) is 13.2. The molecule has 0 saturated heterocycles. The van der Waals surface area contributed by atoms with Crippen LogP contribution in [0.4, 0.5) is 0 Å². The van der Waals surface area contributed by atoms with E-state index in [-0.39, 0.29) is 34.9 Å². The number of hydrogen-bond donors (Lipinski definition) is 2. The molecule has 0 aliphatic carbocycles. The van der Waals surface area contributed by atoms with Gasteiger partial charge in [0.1, 0.15) is 6.54 Å². The number of rotatable bonds is 10. The van der Waals surface area contributed by atoms with Gasteiger partial charge in [0, 0.05) is 36.4 Å². The summed E-state index contributed by atoms with van der Waals surface area (Å²) in [5, 5.41) is 7.93. The third-order valence-corrected chi connectivity index (χ3v) is 6.82. The number of carbonyl (C=O) groups excluding carboxylic acids is 2. The minimum absolute atomic E-state index is 0. The Hall–Kier alpha value is -2.72. The highest BCUT2D eigenvalue weighted by Crippen LogP contribution is 2.25. The molecule has 0 saturated carbocycles. The quantitative estimate of drug-likeness (QED) is 0.223. The van der Waals surface area contributed by atoms with Gasteiger partial charge in [0.2, 0.25) is 10.0 Å². The fourth-order valence-electron chi connectivity index (χ4n) is 3.14. The molecule has 3 N–H and O–H groups in total. The number of nitrogens with one attached hydrogen (secondary N) is 1. The van der Waals surface area contributed by atoms with Crippen molar-refractivity contribution in [3.8, 4) is 0 Å². The van der Waals surface area contributed by atoms with Gasteiger partial charge >= 0.3 is 0 Å². The van der Waals surface area contributed by atoms with Crippen molar-refractivity contribution >= 4 is 32.8 Å². The second-order valence-corrected chi connectivity index (χ2v) is 10.1. The lowest BCUT2D eigenvalue weighted by Gasteiger charge is -2.10. The fraction of sp³-hybridized carbons (Fsp3) is 0.208. The first-order valence-corrected chi connectivity index (χ1v) is 12.8. The first-order valence-electron chi connectivity index (χ1n) is 10.5. The van der Waals surface area contributed by atoms with Crippen LogP contribution in [0, 0.1) is 0 Å². The molecule has 3 aromatic rings. The van der Waals surface area contributed by atoms with Gasteiger partial charge in [-0.1, -0.05) is 42.1 Å². The highest BCUT2D eigenvalue weighted by Gasteiger charge is 2.15. The number of nitrogens with two attached hydrogens (primary N) is 1. The van der Waals surface area contributed by atoms with E-state index in [4.69, 9.17) is 5.14 Å². The minimum atomic E-state index is -3.76. The van der Waals surface area contributed by atoms with Crippen LogP contribution in [0.2, 0.25) is 0 Å². The number of hydrogen-bond acceptors (Lipinski definition) is 5. The standard InChI is InChI=1S/C24H25N3O4S2.ClH/c25-33(30,31)20-13-11-19(12-14-20)18-26-24(29)21-8-2-3-9-22(21)32-23(28)10-4-7-17-27-15-5-1-6-16-27;/h1-3,5-6,8-9,11-16H,4,7,10,17-18H2,(H2-,25,26,29,30,31);1H. The van der Waals surface area contributed by atoms with Crippen molar-refractivity contribution in [3.05, 3.63) is 90.3 Å². The largest absolute Gasteiger partial charge is 1.00 e. The molecule has 0 radical (unpaired) electrons. The number of nitrogens with zero attached hydrogens (tertiary/aromatic N) is 1. The van der Waals surface area contributed by atoms with Gasteiger partial charge < -0.3 is 17.7 Å². The number of pyridine rings is 1. The Morgan fingerprint density at radius 1 is 0.912 bits per heavy atom. The van der Waals surface area contributed by atoms with Crippen LogP contribution in [-0.4, -0.2) is 19.4 Å². The summed E-state index contributed by atoms with van der Waals surface area (Å²) in [5.74, 6) is -0.304. The van der Waals surface area contributed by atoms with Crippen LogP contribution in [0.25, 0.3) is 0 Å². The number of halogens is 1. The molecule has 0 aliphatic rings. The molecule has 2 aromatic carbocycles. The number of primary sulfonamides is 1. The average Bonchev–Trinajstić information content (AvgIpc) is 2.81. The summed E-state index contributed by atoms with van der Waals surface area (Å²) in [4.78, 5) is 25.8. The topological polar surface area (TPSA) is 110 Å². The van der Waals surface area contributed by atoms with Gasteiger partial charge in [-0.05, 0) is 36.2 Å². The lowest BCUT2D eigenvalue weighted by atomic mass is 10.2. The summed E-state index contributed by atoms with van der Waals surface area (Å²) >= 11 is 1.08. The number of carbonyl (C=O) groups is 2. The molecule has 10 heteroatoms. The van der Waals surface area contributed by atoms with Crippen LogP contribution in [0.3, 0.4) is 0 Å². The first kappa shape index (κ1) is 27.5. The van der Waals surface area contributed by atoms with Crippen LogP contribution in [-0.2, 0) is 27.9 Å². The molecule has 0 atom stereocenters. The minimum Gasteiger partial charge on any atom is -1.00 e. The lowest BCUT2D eigenvalue weighted by molar-refractivity contribution is -0.697. The highest BCUT2D eigenvalue weighted by atomic mass is 35.5. The molecule has 0 fully saturated rings. The number of aryl methyl sites for hydroxylation is 1. The maximum atomic E-state index is 12.7. The van der Waals surface area contributed by atoms with Gasteiger partial charge in [-0.25, -0.2) is 18.1 Å². The molecule has 0 aliphatic heterocycles. The lowest BCUT2D eigenvalue weighted by Crippen LogP contribution is -3.00. The summed E-state index contributed by atoms with van der Waals surface area (Å²) in [7, 11) is -3.76. The Morgan fingerprint density at radius 2 is 1.59 bits per heavy atom. The third-order valence-electron chi connectivity index (χ3n) is 4.88. The normalized spacial score (nSPS) is 10.9. The van der Waals surface area contributed by atoms with Crippen LogP contribution in [0.15, 0.2) is 88.9 Å². The van der Waals surface area contributed by atoms with Crippen molar-refractivity contribution in [2.45, 2.75) is 42.1 Å². The van der Waals surface area contributed by atoms with Gasteiger partial charge in [0.25, 0.3) is 5.91 Å². The van der Waals surface area contributed by atoms with Gasteiger partial charge in [-0.15, -0.1) is 0 Å².